The fourth-order valence-electron chi connectivity index (χ4n) is 4.35. The van der Waals surface area contributed by atoms with Crippen LogP contribution in [0.2, 0.25) is 0 Å². The van der Waals surface area contributed by atoms with Gasteiger partial charge in [-0.3, -0.25) is 9.69 Å². The third-order valence-electron chi connectivity index (χ3n) is 5.84. The number of anilines is 1. The van der Waals surface area contributed by atoms with Crippen molar-refractivity contribution in [3.8, 4) is 5.75 Å². The van der Waals surface area contributed by atoms with Gasteiger partial charge in [0.1, 0.15) is 5.75 Å². The molecule has 0 aromatic heterocycles. The van der Waals surface area contributed by atoms with E-state index in [9.17, 15) is 4.79 Å². The molecule has 1 aromatic carbocycles. The van der Waals surface area contributed by atoms with Crippen LogP contribution in [-0.2, 0) is 0 Å². The first-order valence-corrected chi connectivity index (χ1v) is 9.65. The average molecular weight is 343 g/mol. The second-order valence-electron chi connectivity index (χ2n) is 7.77. The second kappa shape index (κ2) is 6.87. The van der Waals surface area contributed by atoms with Crippen LogP contribution in [0.3, 0.4) is 0 Å². The standard InChI is InChI=1S/C20H29N3O2/c1-14-11-16(13-23(14)17-6-7-17)21-18-12-15(5-8-19(18)25-2)20(24)22-9-3-4-10-22/h5,8,12,14,16-17,21H,3-4,6-7,9-11,13H2,1-2H3/t14-,16-/m0/s1. The lowest BCUT2D eigenvalue weighted by Crippen LogP contribution is -2.31. The predicted molar refractivity (Wildman–Crippen MR) is 99.3 cm³/mol. The quantitative estimate of drug-likeness (QED) is 0.893. The summed E-state index contributed by atoms with van der Waals surface area (Å²) in [6.07, 6.45) is 6.07. The highest BCUT2D eigenvalue weighted by atomic mass is 16.5. The molecular weight excluding hydrogens is 314 g/mol. The molecule has 136 valence electrons. The van der Waals surface area contributed by atoms with E-state index in [1.807, 2.05) is 23.1 Å². The smallest absolute Gasteiger partial charge is 0.253 e. The summed E-state index contributed by atoms with van der Waals surface area (Å²) in [4.78, 5) is 17.3. The van der Waals surface area contributed by atoms with E-state index in [4.69, 9.17) is 4.74 Å². The molecule has 0 unspecified atom stereocenters. The van der Waals surface area contributed by atoms with Crippen molar-refractivity contribution in [1.82, 2.24) is 9.80 Å². The molecule has 4 rings (SSSR count). The van der Waals surface area contributed by atoms with Crippen molar-refractivity contribution in [3.63, 3.8) is 0 Å². The Morgan fingerprint density at radius 3 is 2.68 bits per heavy atom. The fraction of sp³-hybridized carbons (Fsp3) is 0.650. The fourth-order valence-corrected chi connectivity index (χ4v) is 4.35. The molecule has 2 atom stereocenters. The van der Waals surface area contributed by atoms with Gasteiger partial charge < -0.3 is 15.0 Å². The van der Waals surface area contributed by atoms with Gasteiger partial charge >= 0.3 is 0 Å². The molecule has 1 N–H and O–H groups in total. The SMILES string of the molecule is COc1ccc(C(=O)N2CCCC2)cc1N[C@H]1C[C@H](C)N(C2CC2)C1. The van der Waals surface area contributed by atoms with Crippen molar-refractivity contribution in [2.75, 3.05) is 32.1 Å². The number of ether oxygens (including phenoxy) is 1. The van der Waals surface area contributed by atoms with E-state index in [0.29, 0.717) is 12.1 Å². The van der Waals surface area contributed by atoms with Gasteiger partial charge in [-0.15, -0.1) is 0 Å². The molecule has 1 saturated carbocycles. The first kappa shape index (κ1) is 16.7. The Kier molecular flexibility index (Phi) is 4.59. The Morgan fingerprint density at radius 2 is 2.00 bits per heavy atom. The van der Waals surface area contributed by atoms with E-state index in [0.717, 1.165) is 61.9 Å². The number of methoxy groups -OCH3 is 1. The minimum atomic E-state index is 0.141. The van der Waals surface area contributed by atoms with Gasteiger partial charge in [-0.2, -0.15) is 0 Å². The summed E-state index contributed by atoms with van der Waals surface area (Å²) in [5.41, 5.74) is 1.71. The van der Waals surface area contributed by atoms with Crippen molar-refractivity contribution < 1.29 is 9.53 Å². The van der Waals surface area contributed by atoms with Crippen LogP contribution in [-0.4, -0.2) is 60.6 Å². The minimum Gasteiger partial charge on any atom is -0.495 e. The van der Waals surface area contributed by atoms with Crippen LogP contribution in [0.15, 0.2) is 18.2 Å². The first-order chi connectivity index (χ1) is 12.2. The number of hydrogen-bond donors (Lipinski definition) is 1. The monoisotopic (exact) mass is 343 g/mol. The van der Waals surface area contributed by atoms with Gasteiger partial charge in [0.15, 0.2) is 0 Å². The number of carbonyl (C=O) groups is 1. The zero-order chi connectivity index (χ0) is 17.4. The number of amides is 1. The molecule has 0 bridgehead atoms. The first-order valence-electron chi connectivity index (χ1n) is 9.65. The van der Waals surface area contributed by atoms with Crippen LogP contribution >= 0.6 is 0 Å². The third kappa shape index (κ3) is 3.47. The van der Waals surface area contributed by atoms with Gasteiger partial charge in [-0.25, -0.2) is 0 Å². The Labute approximate surface area is 150 Å². The minimum absolute atomic E-state index is 0.141. The molecule has 2 saturated heterocycles. The summed E-state index contributed by atoms with van der Waals surface area (Å²) >= 11 is 0. The average Bonchev–Trinajstić information content (AvgIpc) is 3.17. The molecule has 3 fully saturated rings. The summed E-state index contributed by atoms with van der Waals surface area (Å²) in [5, 5.41) is 3.65. The van der Waals surface area contributed by atoms with E-state index >= 15 is 0 Å². The molecule has 5 heteroatoms. The molecule has 1 aromatic rings. The van der Waals surface area contributed by atoms with Gasteiger partial charge in [0.25, 0.3) is 5.91 Å². The van der Waals surface area contributed by atoms with E-state index in [1.165, 1.54) is 12.8 Å². The molecule has 1 amide bonds. The van der Waals surface area contributed by atoms with E-state index < -0.39 is 0 Å². The molecule has 0 radical (unpaired) electrons. The number of benzene rings is 1. The van der Waals surface area contributed by atoms with Crippen molar-refractivity contribution in [2.45, 2.75) is 57.2 Å². The van der Waals surface area contributed by atoms with Crippen LogP contribution in [0.25, 0.3) is 0 Å². The number of nitrogens with zero attached hydrogens (tertiary/aromatic N) is 2. The lowest BCUT2D eigenvalue weighted by Gasteiger charge is -2.21. The summed E-state index contributed by atoms with van der Waals surface area (Å²) in [6, 6.07) is 7.63. The molecule has 2 aliphatic heterocycles. The normalized spacial score (nSPS) is 26.9. The van der Waals surface area contributed by atoms with Gasteiger partial charge in [0, 0.05) is 43.3 Å². The molecular formula is C20H29N3O2. The number of hydrogen-bond acceptors (Lipinski definition) is 4. The molecule has 5 nitrogen and oxygen atoms in total. The van der Waals surface area contributed by atoms with Gasteiger partial charge in [-0.1, -0.05) is 0 Å². The molecule has 0 spiro atoms. The highest BCUT2D eigenvalue weighted by Gasteiger charge is 2.38. The van der Waals surface area contributed by atoms with E-state index in [-0.39, 0.29) is 5.91 Å². The summed E-state index contributed by atoms with van der Waals surface area (Å²) in [5.74, 6) is 0.957. The Morgan fingerprint density at radius 1 is 1.24 bits per heavy atom. The zero-order valence-corrected chi connectivity index (χ0v) is 15.3. The molecule has 1 aliphatic carbocycles. The lowest BCUT2D eigenvalue weighted by molar-refractivity contribution is 0.0793. The second-order valence-corrected chi connectivity index (χ2v) is 7.77. The van der Waals surface area contributed by atoms with E-state index in [2.05, 4.69) is 17.1 Å². The maximum absolute atomic E-state index is 12.7. The third-order valence-corrected chi connectivity index (χ3v) is 5.84. The van der Waals surface area contributed by atoms with Crippen LogP contribution in [0.4, 0.5) is 5.69 Å². The van der Waals surface area contributed by atoms with Crippen molar-refractivity contribution in [1.29, 1.82) is 0 Å². The van der Waals surface area contributed by atoms with Crippen LogP contribution in [0, 0.1) is 0 Å². The predicted octanol–water partition coefficient (Wildman–Crippen LogP) is 2.97. The summed E-state index contributed by atoms with van der Waals surface area (Å²) in [7, 11) is 1.69. The number of rotatable bonds is 5. The van der Waals surface area contributed by atoms with Crippen LogP contribution in [0.1, 0.15) is 49.4 Å². The maximum atomic E-state index is 12.7. The highest BCUT2D eigenvalue weighted by Crippen LogP contribution is 2.35. The van der Waals surface area contributed by atoms with Crippen LogP contribution in [0.5, 0.6) is 5.75 Å². The Bertz CT molecular complexity index is 638. The number of nitrogens with one attached hydrogen (secondary N) is 1. The largest absolute Gasteiger partial charge is 0.495 e. The molecule has 25 heavy (non-hydrogen) atoms. The summed E-state index contributed by atoms with van der Waals surface area (Å²) < 4.78 is 5.53. The summed E-state index contributed by atoms with van der Waals surface area (Å²) in [6.45, 7) is 5.16. The zero-order valence-electron chi connectivity index (χ0n) is 15.3. The van der Waals surface area contributed by atoms with Gasteiger partial charge in [-0.05, 0) is 57.2 Å². The highest BCUT2D eigenvalue weighted by molar-refractivity contribution is 5.95. The van der Waals surface area contributed by atoms with Crippen molar-refractivity contribution in [2.24, 2.45) is 0 Å². The van der Waals surface area contributed by atoms with Crippen molar-refractivity contribution in [3.05, 3.63) is 23.8 Å². The maximum Gasteiger partial charge on any atom is 0.253 e. The molecule has 3 aliphatic rings. The molecule has 2 heterocycles. The lowest BCUT2D eigenvalue weighted by atomic mass is 10.1. The number of carbonyl (C=O) groups excluding carboxylic acids is 1. The Balaban J connectivity index is 1.49. The van der Waals surface area contributed by atoms with Gasteiger partial charge in [0.2, 0.25) is 0 Å². The van der Waals surface area contributed by atoms with Crippen LogP contribution < -0.4 is 10.1 Å². The van der Waals surface area contributed by atoms with Gasteiger partial charge in [0.05, 0.1) is 12.8 Å². The number of likely N-dealkylation sites (tertiary alicyclic amines) is 2. The Hall–Kier alpha value is -1.75. The van der Waals surface area contributed by atoms with Crippen molar-refractivity contribution >= 4 is 11.6 Å². The van der Waals surface area contributed by atoms with E-state index in [1.54, 1.807) is 7.11 Å². The topological polar surface area (TPSA) is 44.8 Å².